The molecule has 0 amide bonds. The standard InChI is InChI=1S/C36H41F.C21H29F.CH3F/c1-24-8-22-33(30-14-10-27(11-15-30)26-6-4-3-5-7-26)36-34(23-9-25(2)35(24)36)31-16-12-28(13-17-31)29-18-20-32(37)21-19-29;1-4-8-20(21(9-5-2)12-7-17-22)11-6-10-19-15-13-18(3)14-16-19;1-2/h3-7,12-13,16-21,24-25,27,30,33-34H,8-11,14-15,22-23H2,1-2H3;4-9,11-12,18-19H,1-2,10,13-17H2,3H3;1H3/b;11-6-,12-7-,20-8+,21-9+;. The molecule has 2 fully saturated rings. The second kappa shape index (κ2) is 24.9. The van der Waals surface area contributed by atoms with Gasteiger partial charge in [0.25, 0.3) is 0 Å². The van der Waals surface area contributed by atoms with E-state index in [1.165, 1.54) is 94.3 Å². The van der Waals surface area contributed by atoms with Gasteiger partial charge in [-0.05, 0) is 158 Å². The lowest BCUT2D eigenvalue weighted by atomic mass is 9.58. The quantitative estimate of drug-likeness (QED) is 0.126. The molecule has 0 aromatic heterocycles. The molecule has 61 heavy (non-hydrogen) atoms. The molecule has 0 bridgehead atoms. The van der Waals surface area contributed by atoms with Gasteiger partial charge >= 0.3 is 0 Å². The lowest BCUT2D eigenvalue weighted by Gasteiger charge is -2.47. The molecular weight excluding hydrogens is 754 g/mol. The second-order valence-electron chi connectivity index (χ2n) is 18.2. The highest BCUT2D eigenvalue weighted by Gasteiger charge is 2.41. The molecule has 0 nitrogen and oxygen atoms in total. The average Bonchev–Trinajstić information content (AvgIpc) is 3.30. The van der Waals surface area contributed by atoms with Gasteiger partial charge in [-0.1, -0.05) is 173 Å². The van der Waals surface area contributed by atoms with Crippen LogP contribution >= 0.6 is 0 Å². The monoisotopic (exact) mass is 827 g/mol. The minimum atomic E-state index is -0.459. The van der Waals surface area contributed by atoms with Crippen molar-refractivity contribution >= 4 is 0 Å². The molecule has 4 atom stereocenters. The molecule has 4 unspecified atom stereocenters. The highest BCUT2D eigenvalue weighted by atomic mass is 19.1. The molecule has 326 valence electrons. The normalized spacial score (nSPS) is 27.1. The van der Waals surface area contributed by atoms with Gasteiger partial charge < -0.3 is 0 Å². The summed E-state index contributed by atoms with van der Waals surface area (Å²) >= 11 is 0. The zero-order chi connectivity index (χ0) is 43.6. The van der Waals surface area contributed by atoms with Crippen molar-refractivity contribution in [3.05, 3.63) is 180 Å². The van der Waals surface area contributed by atoms with E-state index in [4.69, 9.17) is 0 Å². The number of halogens is 3. The third kappa shape index (κ3) is 13.3. The minimum absolute atomic E-state index is 0.175. The van der Waals surface area contributed by atoms with Crippen LogP contribution in [0.2, 0.25) is 0 Å². The average molecular weight is 827 g/mol. The predicted octanol–water partition coefficient (Wildman–Crippen LogP) is 17.4. The number of hydrogen-bond donors (Lipinski definition) is 0. The van der Waals surface area contributed by atoms with Crippen molar-refractivity contribution in [2.24, 2.45) is 35.5 Å². The third-order valence-electron chi connectivity index (χ3n) is 14.3. The van der Waals surface area contributed by atoms with Gasteiger partial charge in [-0.15, -0.1) is 0 Å². The van der Waals surface area contributed by atoms with Crippen LogP contribution in [-0.2, 0) is 0 Å². The molecule has 0 spiro atoms. The number of rotatable bonds is 12. The Balaban J connectivity index is 0.000000253. The van der Waals surface area contributed by atoms with E-state index < -0.39 is 6.67 Å². The molecule has 3 aromatic rings. The van der Waals surface area contributed by atoms with Crippen molar-refractivity contribution < 1.29 is 13.2 Å². The number of allylic oxidation sites excluding steroid dienone is 12. The smallest absolute Gasteiger partial charge is 0.123 e. The van der Waals surface area contributed by atoms with Crippen LogP contribution in [-0.4, -0.2) is 13.9 Å². The number of alkyl halides is 2. The Bertz CT molecular complexity index is 1920. The SMILES string of the molecule is C=C/C=C(\C=C/CF)C(/C=C\CC1CCC(C)CC1)=C/C=C.CC1CCC(c2ccc(-c3ccc(F)cc3)cc2)C2=C1C(C)CCC2C1CCC(c2ccccc2)CC1.CF. The van der Waals surface area contributed by atoms with E-state index in [1.54, 1.807) is 35.9 Å². The fourth-order valence-corrected chi connectivity index (χ4v) is 11.0. The Morgan fingerprint density at radius 3 is 1.72 bits per heavy atom. The zero-order valence-electron chi connectivity index (χ0n) is 37.7. The Morgan fingerprint density at radius 2 is 1.15 bits per heavy atom. The molecule has 0 N–H and O–H groups in total. The van der Waals surface area contributed by atoms with E-state index in [9.17, 15) is 13.2 Å². The van der Waals surface area contributed by atoms with Crippen LogP contribution in [0.1, 0.15) is 127 Å². The van der Waals surface area contributed by atoms with Crippen molar-refractivity contribution in [2.75, 3.05) is 13.9 Å². The molecule has 3 heteroatoms. The topological polar surface area (TPSA) is 0 Å². The summed E-state index contributed by atoms with van der Waals surface area (Å²) in [5, 5.41) is 0. The summed E-state index contributed by atoms with van der Waals surface area (Å²) < 4.78 is 35.3. The lowest BCUT2D eigenvalue weighted by molar-refractivity contribution is 0.207. The van der Waals surface area contributed by atoms with Crippen molar-refractivity contribution in [2.45, 2.75) is 116 Å². The van der Waals surface area contributed by atoms with Gasteiger partial charge in [-0.3, -0.25) is 4.39 Å². The van der Waals surface area contributed by atoms with Crippen molar-refractivity contribution in [1.29, 1.82) is 0 Å². The second-order valence-corrected chi connectivity index (χ2v) is 18.2. The number of hydrogen-bond acceptors (Lipinski definition) is 0. The van der Waals surface area contributed by atoms with E-state index in [2.05, 4.69) is 101 Å². The summed E-state index contributed by atoms with van der Waals surface area (Å²) in [4.78, 5) is 0. The maximum Gasteiger partial charge on any atom is 0.123 e. The fourth-order valence-electron chi connectivity index (χ4n) is 11.0. The van der Waals surface area contributed by atoms with Gasteiger partial charge in [0.15, 0.2) is 0 Å². The zero-order valence-corrected chi connectivity index (χ0v) is 37.7. The Morgan fingerprint density at radius 1 is 0.590 bits per heavy atom. The molecule has 3 aromatic carbocycles. The summed E-state index contributed by atoms with van der Waals surface area (Å²) in [7, 11) is 0.500. The van der Waals surface area contributed by atoms with Gasteiger partial charge in [-0.25, -0.2) is 8.78 Å². The predicted molar refractivity (Wildman–Crippen MR) is 257 cm³/mol. The molecule has 7 rings (SSSR count). The van der Waals surface area contributed by atoms with Crippen LogP contribution < -0.4 is 0 Å². The molecular formula is C58H73F3. The first-order valence-corrected chi connectivity index (χ1v) is 23.4. The maximum atomic E-state index is 13.4. The van der Waals surface area contributed by atoms with E-state index in [-0.39, 0.29) is 5.82 Å². The van der Waals surface area contributed by atoms with Crippen LogP contribution in [0, 0.1) is 41.3 Å². The lowest BCUT2D eigenvalue weighted by Crippen LogP contribution is -2.34. The van der Waals surface area contributed by atoms with Crippen LogP contribution in [0.25, 0.3) is 11.1 Å². The molecule has 4 aliphatic carbocycles. The molecule has 4 aliphatic rings. The van der Waals surface area contributed by atoms with Gasteiger partial charge in [0.1, 0.15) is 12.5 Å². The number of benzene rings is 3. The summed E-state index contributed by atoms with van der Waals surface area (Å²) in [6.45, 7) is 14.4. The fraction of sp³-hybridized carbons (Fsp3) is 0.448. The van der Waals surface area contributed by atoms with Crippen molar-refractivity contribution in [1.82, 2.24) is 0 Å². The maximum absolute atomic E-state index is 13.4. The molecule has 0 heterocycles. The third-order valence-corrected chi connectivity index (χ3v) is 14.3. The van der Waals surface area contributed by atoms with Crippen LogP contribution in [0.15, 0.2) is 163 Å². The van der Waals surface area contributed by atoms with Crippen LogP contribution in [0.4, 0.5) is 13.2 Å². The van der Waals surface area contributed by atoms with Gasteiger partial charge in [-0.2, -0.15) is 0 Å². The summed E-state index contributed by atoms with van der Waals surface area (Å²) in [6, 6.07) is 27.4. The largest absolute Gasteiger partial charge is 0.255 e. The molecule has 2 saturated carbocycles. The summed E-state index contributed by atoms with van der Waals surface area (Å²) in [6.07, 6.45) is 32.3. The first kappa shape index (κ1) is 47.7. The van der Waals surface area contributed by atoms with E-state index >= 15 is 0 Å². The molecule has 0 radical (unpaired) electrons. The van der Waals surface area contributed by atoms with E-state index in [1.807, 2.05) is 35.4 Å². The first-order chi connectivity index (χ1) is 29.8. The Kier molecular flexibility index (Phi) is 19.5. The summed E-state index contributed by atoms with van der Waals surface area (Å²) in [5.41, 5.74) is 11.0. The summed E-state index contributed by atoms with van der Waals surface area (Å²) in [5.74, 6) is 5.88. The van der Waals surface area contributed by atoms with Crippen molar-refractivity contribution in [3.8, 4) is 11.1 Å². The van der Waals surface area contributed by atoms with Gasteiger partial charge in [0.2, 0.25) is 0 Å². The van der Waals surface area contributed by atoms with Crippen LogP contribution in [0.5, 0.6) is 0 Å². The highest BCUT2D eigenvalue weighted by Crippen LogP contribution is 2.55. The van der Waals surface area contributed by atoms with Crippen molar-refractivity contribution in [3.63, 3.8) is 0 Å². The minimum Gasteiger partial charge on any atom is -0.255 e. The van der Waals surface area contributed by atoms with Crippen LogP contribution in [0.3, 0.4) is 0 Å². The van der Waals surface area contributed by atoms with E-state index in [0.29, 0.717) is 13.1 Å². The first-order valence-electron chi connectivity index (χ1n) is 23.4. The highest BCUT2D eigenvalue weighted by molar-refractivity contribution is 5.64. The molecule has 0 aliphatic heterocycles. The Labute approximate surface area is 368 Å². The molecule has 0 saturated heterocycles. The van der Waals surface area contributed by atoms with E-state index in [0.717, 1.165) is 64.6 Å². The van der Waals surface area contributed by atoms with Gasteiger partial charge in [0, 0.05) is 5.92 Å². The Hall–Kier alpha value is -4.37. The van der Waals surface area contributed by atoms with Gasteiger partial charge in [0.05, 0.1) is 7.18 Å².